The van der Waals surface area contributed by atoms with Crippen LogP contribution in [0.2, 0.25) is 5.02 Å². The number of hydrogen-bond donors (Lipinski definition) is 1. The number of aryl methyl sites for hydroxylation is 1. The predicted molar refractivity (Wildman–Crippen MR) is 146 cm³/mol. The first kappa shape index (κ1) is 25.7. The molecule has 196 valence electrons. The van der Waals surface area contributed by atoms with Crippen LogP contribution in [0.25, 0.3) is 0 Å². The first-order valence-electron chi connectivity index (χ1n) is 13.3. The Morgan fingerprint density at radius 2 is 2.00 bits per heavy atom. The van der Waals surface area contributed by atoms with Gasteiger partial charge in [-0.3, -0.25) is 9.59 Å². The lowest BCUT2D eigenvalue weighted by atomic mass is 9.70. The maximum absolute atomic E-state index is 12.8. The number of amides is 1. The number of anilines is 1. The molecule has 5 rings (SSSR count). The molecule has 3 aliphatic rings. The molecule has 1 aliphatic carbocycles. The van der Waals surface area contributed by atoms with Crippen LogP contribution in [-0.4, -0.2) is 55.2 Å². The first-order valence-corrected chi connectivity index (χ1v) is 13.7. The highest BCUT2D eigenvalue weighted by atomic mass is 35.5. The number of halogens is 1. The zero-order chi connectivity index (χ0) is 26.0. The summed E-state index contributed by atoms with van der Waals surface area (Å²) in [6.45, 7) is 2.71. The van der Waals surface area contributed by atoms with Crippen LogP contribution in [-0.2, 0) is 21.4 Å². The number of likely N-dealkylation sites (N-methyl/N-ethyl adjacent to an activating group) is 1. The van der Waals surface area contributed by atoms with Crippen LogP contribution in [0.15, 0.2) is 48.6 Å². The van der Waals surface area contributed by atoms with E-state index in [1.54, 1.807) is 11.9 Å². The van der Waals surface area contributed by atoms with Crippen LogP contribution in [0.5, 0.6) is 5.75 Å². The number of carbonyl (C=O) groups excluding carboxylic acids is 1. The van der Waals surface area contributed by atoms with Gasteiger partial charge >= 0.3 is 5.97 Å². The lowest BCUT2D eigenvalue weighted by Crippen LogP contribution is -2.46. The summed E-state index contributed by atoms with van der Waals surface area (Å²) in [6, 6.07) is 11.9. The number of benzene rings is 2. The number of carboxylic acids is 1. The molecule has 0 saturated carbocycles. The Labute approximate surface area is 223 Å². The van der Waals surface area contributed by atoms with Crippen LogP contribution in [0.4, 0.5) is 5.69 Å². The second-order valence-electron chi connectivity index (χ2n) is 10.7. The minimum absolute atomic E-state index is 0.0720. The van der Waals surface area contributed by atoms with Crippen molar-refractivity contribution in [2.24, 2.45) is 0 Å². The van der Waals surface area contributed by atoms with Crippen molar-refractivity contribution in [3.8, 4) is 5.75 Å². The maximum atomic E-state index is 12.8. The number of carbonyl (C=O) groups is 2. The number of carboxylic acid groups (broad SMARTS) is 1. The number of nitrogens with zero attached hydrogens (tertiary/aromatic N) is 2. The second-order valence-corrected chi connectivity index (χ2v) is 11.1. The summed E-state index contributed by atoms with van der Waals surface area (Å²) in [5.41, 5.74) is 4.01. The van der Waals surface area contributed by atoms with Gasteiger partial charge < -0.3 is 19.6 Å². The molecule has 1 amide bonds. The summed E-state index contributed by atoms with van der Waals surface area (Å²) in [5, 5.41) is 10.8. The fraction of sp³-hybridized carbons (Fsp3) is 0.467. The molecule has 1 unspecified atom stereocenters. The van der Waals surface area contributed by atoms with Crippen LogP contribution in [0, 0.1) is 0 Å². The van der Waals surface area contributed by atoms with Crippen molar-refractivity contribution >= 4 is 29.2 Å². The van der Waals surface area contributed by atoms with Crippen molar-refractivity contribution in [1.82, 2.24) is 4.90 Å². The Kier molecular flexibility index (Phi) is 7.47. The molecule has 2 aromatic rings. The molecule has 37 heavy (non-hydrogen) atoms. The lowest BCUT2D eigenvalue weighted by molar-refractivity contribution is -0.142. The average molecular weight is 523 g/mol. The summed E-state index contributed by atoms with van der Waals surface area (Å²) < 4.78 is 6.50. The third kappa shape index (κ3) is 5.35. The Hall–Kier alpha value is -2.99. The topological polar surface area (TPSA) is 70.1 Å². The van der Waals surface area contributed by atoms with E-state index in [9.17, 15) is 14.7 Å². The Morgan fingerprint density at radius 1 is 1.14 bits per heavy atom. The van der Waals surface area contributed by atoms with Gasteiger partial charge in [-0.25, -0.2) is 0 Å². The molecule has 0 aromatic heterocycles. The quantitative estimate of drug-likeness (QED) is 0.496. The molecule has 7 heteroatoms. The molecule has 6 nitrogen and oxygen atoms in total. The minimum atomic E-state index is -0.989. The van der Waals surface area contributed by atoms with Gasteiger partial charge in [-0.2, -0.15) is 0 Å². The molecule has 2 aliphatic heterocycles. The van der Waals surface area contributed by atoms with Crippen LogP contribution < -0.4 is 9.64 Å². The largest absolute Gasteiger partial charge is 0.490 e. The van der Waals surface area contributed by atoms with Crippen molar-refractivity contribution in [1.29, 1.82) is 0 Å². The van der Waals surface area contributed by atoms with Crippen molar-refractivity contribution in [3.63, 3.8) is 0 Å². The first-order chi connectivity index (χ1) is 17.9. The number of rotatable bonds is 1. The molecule has 1 N–H and O–H groups in total. The van der Waals surface area contributed by atoms with E-state index in [1.165, 1.54) is 11.1 Å². The van der Waals surface area contributed by atoms with Gasteiger partial charge in [0.25, 0.3) is 0 Å². The number of allylic oxidation sites excluding steroid dienone is 1. The molecular weight excluding hydrogens is 488 g/mol. The van der Waals surface area contributed by atoms with Gasteiger partial charge in [-0.05, 0) is 79.5 Å². The van der Waals surface area contributed by atoms with Gasteiger partial charge in [-0.1, -0.05) is 35.9 Å². The molecule has 2 atom stereocenters. The maximum Gasteiger partial charge on any atom is 0.311 e. The summed E-state index contributed by atoms with van der Waals surface area (Å²) in [5.74, 6) is -1.30. The smallest absolute Gasteiger partial charge is 0.311 e. The van der Waals surface area contributed by atoms with Crippen molar-refractivity contribution in [2.75, 3.05) is 38.2 Å². The zero-order valence-corrected chi connectivity index (χ0v) is 22.2. The highest BCUT2D eigenvalue weighted by Gasteiger charge is 2.42. The van der Waals surface area contributed by atoms with E-state index in [0.29, 0.717) is 18.7 Å². The van der Waals surface area contributed by atoms with Gasteiger partial charge in [0.2, 0.25) is 5.91 Å². The van der Waals surface area contributed by atoms with Gasteiger partial charge in [0, 0.05) is 43.5 Å². The van der Waals surface area contributed by atoms with E-state index >= 15 is 0 Å². The SMILES string of the molecule is CN1C/C=C/CCCCN2C[C@@]3(CCCc4cc(Cl)ccc43)COc3ccc(cc32)C(C(=O)O)CC1=O. The van der Waals surface area contributed by atoms with Gasteiger partial charge in [0.05, 0.1) is 18.2 Å². The molecule has 2 aromatic carbocycles. The Morgan fingerprint density at radius 3 is 2.84 bits per heavy atom. The van der Waals surface area contributed by atoms with E-state index in [2.05, 4.69) is 23.1 Å². The average Bonchev–Trinajstić information content (AvgIpc) is 3.03. The molecule has 0 radical (unpaired) electrons. The molecule has 2 bridgehead atoms. The van der Waals surface area contributed by atoms with E-state index < -0.39 is 11.9 Å². The highest BCUT2D eigenvalue weighted by Crippen LogP contribution is 2.45. The molecule has 2 heterocycles. The predicted octanol–water partition coefficient (Wildman–Crippen LogP) is 5.57. The molecular formula is C30H35ClN2O4. The van der Waals surface area contributed by atoms with Crippen LogP contribution >= 0.6 is 11.6 Å². The number of ether oxygens (including phenoxy) is 1. The standard InChI is InChI=1S/C30H35ClN2O4/c1-32-14-5-3-2-4-6-15-33-19-30(13-7-8-22-16-23(31)10-11-25(22)30)20-37-27-12-9-21(17-26(27)33)24(29(35)36)18-28(32)34/h3,5,9-12,16-17,24H,2,4,6-8,13-15,18-20H2,1H3,(H,35,36)/b5-3+/t24?,30-/m0/s1. The summed E-state index contributed by atoms with van der Waals surface area (Å²) in [7, 11) is 1.73. The van der Waals surface area contributed by atoms with Crippen LogP contribution in [0.1, 0.15) is 61.1 Å². The monoisotopic (exact) mass is 522 g/mol. The number of fused-ring (bicyclic) bond motifs is 3. The third-order valence-electron chi connectivity index (χ3n) is 8.16. The zero-order valence-electron chi connectivity index (χ0n) is 21.4. The summed E-state index contributed by atoms with van der Waals surface area (Å²) in [4.78, 5) is 29.1. The van der Waals surface area contributed by atoms with Crippen molar-refractivity contribution < 1.29 is 19.4 Å². The van der Waals surface area contributed by atoms with Gasteiger partial charge in [-0.15, -0.1) is 0 Å². The fourth-order valence-corrected chi connectivity index (χ4v) is 6.27. The number of hydrogen-bond acceptors (Lipinski definition) is 4. The molecule has 0 saturated heterocycles. The Bertz CT molecular complexity index is 1210. The summed E-state index contributed by atoms with van der Waals surface area (Å²) in [6.07, 6.45) is 10.2. The third-order valence-corrected chi connectivity index (χ3v) is 8.40. The minimum Gasteiger partial charge on any atom is -0.490 e. The van der Waals surface area contributed by atoms with E-state index in [0.717, 1.165) is 68.1 Å². The molecule has 0 fully saturated rings. The van der Waals surface area contributed by atoms with Gasteiger partial charge in [0.15, 0.2) is 0 Å². The normalized spacial score (nSPS) is 25.4. The second kappa shape index (κ2) is 10.8. The molecule has 1 spiro atoms. The number of aliphatic carboxylic acids is 1. The highest BCUT2D eigenvalue weighted by molar-refractivity contribution is 6.30. The van der Waals surface area contributed by atoms with Crippen molar-refractivity contribution in [3.05, 3.63) is 70.3 Å². The van der Waals surface area contributed by atoms with Crippen LogP contribution in [0.3, 0.4) is 0 Å². The fourth-order valence-electron chi connectivity index (χ4n) is 6.08. The summed E-state index contributed by atoms with van der Waals surface area (Å²) >= 11 is 6.35. The van der Waals surface area contributed by atoms with E-state index in [4.69, 9.17) is 16.3 Å². The lowest BCUT2D eigenvalue weighted by Gasteiger charge is -2.41. The van der Waals surface area contributed by atoms with E-state index in [1.807, 2.05) is 30.3 Å². The van der Waals surface area contributed by atoms with E-state index in [-0.39, 0.29) is 17.7 Å². The Balaban J connectivity index is 1.55. The van der Waals surface area contributed by atoms with Gasteiger partial charge in [0.1, 0.15) is 5.75 Å². The van der Waals surface area contributed by atoms with Crippen molar-refractivity contribution in [2.45, 2.75) is 56.3 Å².